The lowest BCUT2D eigenvalue weighted by atomic mass is 10.1. The van der Waals surface area contributed by atoms with Crippen LogP contribution in [0.4, 0.5) is 19.0 Å². The van der Waals surface area contributed by atoms with E-state index in [0.29, 0.717) is 35.3 Å². The first kappa shape index (κ1) is 22.5. The molecule has 7 nitrogen and oxygen atoms in total. The van der Waals surface area contributed by atoms with Crippen LogP contribution in [0.1, 0.15) is 46.6 Å². The molecule has 2 atom stereocenters. The maximum Gasteiger partial charge on any atom is 0.417 e. The van der Waals surface area contributed by atoms with Crippen LogP contribution in [-0.2, 0) is 12.7 Å². The van der Waals surface area contributed by atoms with Crippen molar-refractivity contribution in [2.24, 2.45) is 0 Å². The van der Waals surface area contributed by atoms with Gasteiger partial charge in [-0.1, -0.05) is 0 Å². The summed E-state index contributed by atoms with van der Waals surface area (Å²) >= 11 is 0. The predicted molar refractivity (Wildman–Crippen MR) is 116 cm³/mol. The van der Waals surface area contributed by atoms with E-state index in [0.717, 1.165) is 24.2 Å². The molecule has 10 heteroatoms. The molecule has 0 aromatic carbocycles. The smallest absolute Gasteiger partial charge is 0.383 e. The summed E-state index contributed by atoms with van der Waals surface area (Å²) in [4.78, 5) is 31.1. The lowest BCUT2D eigenvalue weighted by molar-refractivity contribution is -0.137. The fraction of sp³-hybridized carbons (Fsp3) is 0.348. The van der Waals surface area contributed by atoms with Gasteiger partial charge in [0.2, 0.25) is 6.04 Å². The summed E-state index contributed by atoms with van der Waals surface area (Å²) < 4.78 is 38.7. The minimum atomic E-state index is -4.49. The zero-order valence-electron chi connectivity index (χ0n) is 17.8. The monoisotopic (exact) mass is 454 g/mol. The maximum absolute atomic E-state index is 13.5. The molecule has 3 aromatic heterocycles. The zero-order chi connectivity index (χ0) is 23.8. The van der Waals surface area contributed by atoms with Gasteiger partial charge in [-0.05, 0) is 49.6 Å². The van der Waals surface area contributed by atoms with Crippen molar-refractivity contribution in [2.45, 2.75) is 51.0 Å². The first-order chi connectivity index (χ1) is 15.7. The number of halogens is 3. The third kappa shape index (κ3) is 4.58. The van der Waals surface area contributed by atoms with E-state index >= 15 is 0 Å². The molecule has 1 aliphatic carbocycles. The van der Waals surface area contributed by atoms with Gasteiger partial charge in [0, 0.05) is 18.0 Å². The second-order valence-electron chi connectivity index (χ2n) is 8.12. The van der Waals surface area contributed by atoms with E-state index in [1.807, 2.05) is 13.0 Å². The number of alkyl halides is 3. The number of nitrogens with two attached hydrogens (primary N) is 1. The molecule has 3 heterocycles. The number of nitrogens with zero attached hydrogens (tertiary/aromatic N) is 5. The Morgan fingerprint density at radius 1 is 1.24 bits per heavy atom. The van der Waals surface area contributed by atoms with Gasteiger partial charge in [-0.15, -0.1) is 0 Å². The van der Waals surface area contributed by atoms with Gasteiger partial charge in [-0.3, -0.25) is 9.78 Å². The largest absolute Gasteiger partial charge is 0.417 e. The van der Waals surface area contributed by atoms with Crippen LogP contribution in [0.25, 0.3) is 15.7 Å². The molecule has 0 aliphatic heterocycles. The Bertz CT molecular complexity index is 1240. The lowest BCUT2D eigenvalue weighted by Crippen LogP contribution is -2.43. The zero-order valence-corrected chi connectivity index (χ0v) is 17.8. The van der Waals surface area contributed by atoms with E-state index in [1.54, 1.807) is 6.07 Å². The number of carbonyl (C=O) groups is 1. The first-order valence-electron chi connectivity index (χ1n) is 10.4. The Balaban J connectivity index is 1.69. The number of anilines is 1. The minimum Gasteiger partial charge on any atom is -0.383 e. The van der Waals surface area contributed by atoms with Crippen LogP contribution in [0.3, 0.4) is 0 Å². The van der Waals surface area contributed by atoms with Gasteiger partial charge >= 0.3 is 6.18 Å². The molecule has 1 aliphatic rings. The average Bonchev–Trinajstić information content (AvgIpc) is 3.26. The summed E-state index contributed by atoms with van der Waals surface area (Å²) in [6, 6.07) is 4.88. The molecule has 4 rings (SSSR count). The van der Waals surface area contributed by atoms with Crippen LogP contribution in [0.5, 0.6) is 0 Å². The lowest BCUT2D eigenvalue weighted by Gasteiger charge is -2.28. The Kier molecular flexibility index (Phi) is 5.89. The molecule has 33 heavy (non-hydrogen) atoms. The van der Waals surface area contributed by atoms with Crippen molar-refractivity contribution in [2.75, 3.05) is 5.73 Å². The third-order valence-corrected chi connectivity index (χ3v) is 5.91. The number of rotatable bonds is 4. The Labute approximate surface area is 188 Å². The molecule has 1 fully saturated rings. The highest BCUT2D eigenvalue weighted by Gasteiger charge is 2.40. The van der Waals surface area contributed by atoms with Gasteiger partial charge < -0.3 is 15.5 Å². The molecule has 170 valence electrons. The standard InChI is InChI=1S/C23H21F3N6O/c1-13-8-14-9-18(30-11-19(14)31-21(13)27)22(33)32(20-5-3-4-17(20)28-2)12-16-7-6-15(10-29-16)23(24,25)26/h6-11,17,20H,3-5,12H2,1H3,(H2,27,31). The van der Waals surface area contributed by atoms with Crippen molar-refractivity contribution in [3.8, 4) is 0 Å². The molecule has 1 amide bonds. The van der Waals surface area contributed by atoms with Crippen molar-refractivity contribution in [3.05, 3.63) is 70.6 Å². The number of nitrogen functional groups attached to an aromatic ring is 1. The molecule has 0 radical (unpaired) electrons. The van der Waals surface area contributed by atoms with Crippen LogP contribution >= 0.6 is 0 Å². The van der Waals surface area contributed by atoms with Crippen molar-refractivity contribution in [1.29, 1.82) is 0 Å². The van der Waals surface area contributed by atoms with Crippen molar-refractivity contribution in [3.63, 3.8) is 0 Å². The van der Waals surface area contributed by atoms with Crippen molar-refractivity contribution >= 4 is 22.6 Å². The summed E-state index contributed by atoms with van der Waals surface area (Å²) in [6.45, 7) is 9.30. The molecule has 0 saturated heterocycles. The topological polar surface area (TPSA) is 89.4 Å². The predicted octanol–water partition coefficient (Wildman–Crippen LogP) is 4.42. The SMILES string of the molecule is [C-]#[N+]C1CCCC1N(Cc1ccc(C(F)(F)F)cn1)C(=O)c1cc2cc(C)c(N)nc2cn1. The summed E-state index contributed by atoms with van der Waals surface area (Å²) in [5.74, 6) is -0.0298. The molecule has 1 saturated carbocycles. The average molecular weight is 454 g/mol. The molecule has 3 aromatic rings. The number of fused-ring (bicyclic) bond motifs is 1. The van der Waals surface area contributed by atoms with E-state index in [2.05, 4.69) is 19.8 Å². The normalized spacial score (nSPS) is 18.3. The van der Waals surface area contributed by atoms with E-state index in [9.17, 15) is 18.0 Å². The van der Waals surface area contributed by atoms with Crippen LogP contribution in [0.2, 0.25) is 0 Å². The Morgan fingerprint density at radius 3 is 2.70 bits per heavy atom. The maximum atomic E-state index is 13.5. The number of hydrogen-bond donors (Lipinski definition) is 1. The van der Waals surface area contributed by atoms with E-state index < -0.39 is 17.6 Å². The number of hydrogen-bond acceptors (Lipinski definition) is 5. The number of aryl methyl sites for hydroxylation is 1. The van der Waals surface area contributed by atoms with Crippen LogP contribution in [0.15, 0.2) is 36.7 Å². The summed E-state index contributed by atoms with van der Waals surface area (Å²) in [5, 5.41) is 0.695. The number of pyridine rings is 3. The molecular weight excluding hydrogens is 433 g/mol. The van der Waals surface area contributed by atoms with E-state index in [4.69, 9.17) is 12.3 Å². The summed E-state index contributed by atoms with van der Waals surface area (Å²) in [5.41, 5.74) is 6.77. The summed E-state index contributed by atoms with van der Waals surface area (Å²) in [6.07, 6.45) is -0.197. The van der Waals surface area contributed by atoms with Gasteiger partial charge in [-0.2, -0.15) is 13.2 Å². The fourth-order valence-corrected chi connectivity index (χ4v) is 4.10. The fourth-order valence-electron chi connectivity index (χ4n) is 4.10. The highest BCUT2D eigenvalue weighted by Crippen LogP contribution is 2.31. The van der Waals surface area contributed by atoms with Gasteiger partial charge in [-0.25, -0.2) is 16.5 Å². The molecule has 0 spiro atoms. The van der Waals surface area contributed by atoms with Gasteiger partial charge in [0.05, 0.1) is 29.5 Å². The Hall–Kier alpha value is -3.74. The molecule has 2 N–H and O–H groups in total. The number of carbonyl (C=O) groups excluding carboxylic acids is 1. The quantitative estimate of drug-likeness (QED) is 0.590. The highest BCUT2D eigenvalue weighted by molar-refractivity contribution is 5.96. The highest BCUT2D eigenvalue weighted by atomic mass is 19.4. The molecule has 0 bridgehead atoms. The third-order valence-electron chi connectivity index (χ3n) is 5.91. The number of amides is 1. The van der Waals surface area contributed by atoms with Crippen molar-refractivity contribution < 1.29 is 18.0 Å². The first-order valence-corrected chi connectivity index (χ1v) is 10.4. The molecular formula is C23H21F3N6O. The minimum absolute atomic E-state index is 0.0214. The van der Waals surface area contributed by atoms with Gasteiger partial charge in [0.25, 0.3) is 5.91 Å². The van der Waals surface area contributed by atoms with E-state index in [-0.39, 0.29) is 24.3 Å². The van der Waals surface area contributed by atoms with Gasteiger partial charge in [0.1, 0.15) is 17.6 Å². The Morgan fingerprint density at radius 2 is 2.03 bits per heavy atom. The second kappa shape index (κ2) is 8.65. The van der Waals surface area contributed by atoms with Crippen molar-refractivity contribution in [1.82, 2.24) is 19.9 Å². The summed E-state index contributed by atoms with van der Waals surface area (Å²) in [7, 11) is 0. The van der Waals surface area contributed by atoms with E-state index in [1.165, 1.54) is 17.2 Å². The van der Waals surface area contributed by atoms with Crippen LogP contribution in [0, 0.1) is 13.5 Å². The molecule has 2 unspecified atom stereocenters. The van der Waals surface area contributed by atoms with Gasteiger partial charge in [0.15, 0.2) is 0 Å². The second-order valence-corrected chi connectivity index (χ2v) is 8.12. The number of aromatic nitrogens is 3. The van der Waals surface area contributed by atoms with Crippen LogP contribution < -0.4 is 5.73 Å². The van der Waals surface area contributed by atoms with Crippen LogP contribution in [-0.4, -0.2) is 37.8 Å².